The lowest BCUT2D eigenvalue weighted by atomic mass is 9.92. The molecule has 3 N–H and O–H groups in total. The SMILES string of the molecule is Cc1cc(N)nc(-c2c(Cl)c3c(c4cnccc24)C(=O)N2CC4(CCN(C(=O)n5cn[nH]c5=O)C4)OCC2CO3)c1C(F)(F)F. The molecule has 2 fully saturated rings. The Morgan fingerprint density at radius 1 is 1.20 bits per heavy atom. The van der Waals surface area contributed by atoms with Crippen LogP contribution in [0.25, 0.3) is 22.0 Å². The predicted molar refractivity (Wildman–Crippen MR) is 153 cm³/mol. The molecule has 3 aliphatic rings. The van der Waals surface area contributed by atoms with E-state index in [1.807, 2.05) is 0 Å². The molecule has 1 spiro atoms. The van der Waals surface area contributed by atoms with Crippen LogP contribution in [-0.2, 0) is 10.9 Å². The van der Waals surface area contributed by atoms with Crippen LogP contribution in [0.5, 0.6) is 5.75 Å². The van der Waals surface area contributed by atoms with Gasteiger partial charge in [-0.15, -0.1) is 0 Å². The first-order chi connectivity index (χ1) is 21.4. The Morgan fingerprint density at radius 3 is 2.73 bits per heavy atom. The van der Waals surface area contributed by atoms with Crippen molar-refractivity contribution < 1.29 is 32.2 Å². The van der Waals surface area contributed by atoms with Crippen LogP contribution in [0, 0.1) is 6.92 Å². The summed E-state index contributed by atoms with van der Waals surface area (Å²) in [6, 6.07) is 1.45. The molecule has 6 heterocycles. The van der Waals surface area contributed by atoms with Crippen molar-refractivity contribution in [3.05, 3.63) is 63.1 Å². The van der Waals surface area contributed by atoms with Gasteiger partial charge in [-0.05, 0) is 36.4 Å². The monoisotopic (exact) mass is 644 g/mol. The van der Waals surface area contributed by atoms with E-state index in [2.05, 4.69) is 20.2 Å². The number of carbonyl (C=O) groups excluding carboxylic acids is 2. The third kappa shape index (κ3) is 4.58. The van der Waals surface area contributed by atoms with E-state index in [0.717, 1.165) is 17.0 Å². The Balaban J connectivity index is 1.31. The number of amides is 2. The molecule has 7 rings (SSSR count). The fraction of sp³-hybridized carbons (Fsp3) is 0.357. The van der Waals surface area contributed by atoms with Crippen LogP contribution >= 0.6 is 11.6 Å². The fourth-order valence-electron chi connectivity index (χ4n) is 6.43. The number of fused-ring (bicyclic) bond motifs is 4. The van der Waals surface area contributed by atoms with E-state index in [4.69, 9.17) is 26.8 Å². The molecule has 0 aliphatic carbocycles. The fourth-order valence-corrected chi connectivity index (χ4v) is 6.77. The summed E-state index contributed by atoms with van der Waals surface area (Å²) in [6.45, 7) is 1.73. The summed E-state index contributed by atoms with van der Waals surface area (Å²) in [5, 5.41) is 5.98. The average molecular weight is 645 g/mol. The summed E-state index contributed by atoms with van der Waals surface area (Å²) in [7, 11) is 0. The van der Waals surface area contributed by atoms with Crippen LogP contribution in [0.4, 0.5) is 23.8 Å². The molecule has 1 aromatic carbocycles. The maximum absolute atomic E-state index is 14.4. The summed E-state index contributed by atoms with van der Waals surface area (Å²) in [6.07, 6.45) is -0.560. The number of rotatable bonds is 1. The van der Waals surface area contributed by atoms with Crippen LogP contribution in [0.1, 0.15) is 27.9 Å². The summed E-state index contributed by atoms with van der Waals surface area (Å²) < 4.78 is 56.3. The highest BCUT2D eigenvalue weighted by molar-refractivity contribution is 6.38. The van der Waals surface area contributed by atoms with Crippen molar-refractivity contribution in [2.45, 2.75) is 31.2 Å². The number of aromatic amines is 1. The molecule has 0 saturated carbocycles. The maximum atomic E-state index is 14.4. The molecule has 2 unspecified atom stereocenters. The molecule has 3 aromatic heterocycles. The number of hydrogen-bond donors (Lipinski definition) is 2. The van der Waals surface area contributed by atoms with Crippen molar-refractivity contribution in [1.82, 2.24) is 34.5 Å². The largest absolute Gasteiger partial charge is 0.489 e. The highest BCUT2D eigenvalue weighted by Crippen LogP contribution is 2.49. The molecule has 3 aliphatic heterocycles. The van der Waals surface area contributed by atoms with E-state index < -0.39 is 46.7 Å². The number of likely N-dealkylation sites (tertiary alicyclic amines) is 1. The van der Waals surface area contributed by atoms with Gasteiger partial charge in [0.05, 0.1) is 47.6 Å². The minimum absolute atomic E-state index is 0.0384. The van der Waals surface area contributed by atoms with Gasteiger partial charge in [0, 0.05) is 29.9 Å². The van der Waals surface area contributed by atoms with Crippen LogP contribution in [0.15, 0.2) is 35.6 Å². The molecule has 4 aromatic rings. The number of aromatic nitrogens is 5. The predicted octanol–water partition coefficient (Wildman–Crippen LogP) is 3.09. The quantitative estimate of drug-likeness (QED) is 0.317. The number of halogens is 4. The van der Waals surface area contributed by atoms with Gasteiger partial charge in [0.1, 0.15) is 24.4 Å². The molecule has 0 radical (unpaired) electrons. The van der Waals surface area contributed by atoms with Gasteiger partial charge in [-0.1, -0.05) is 11.6 Å². The Bertz CT molecular complexity index is 1960. The van der Waals surface area contributed by atoms with Crippen molar-refractivity contribution >= 4 is 40.1 Å². The lowest BCUT2D eigenvalue weighted by Gasteiger charge is -2.44. The first kappa shape index (κ1) is 29.0. The van der Waals surface area contributed by atoms with Gasteiger partial charge in [0.2, 0.25) is 0 Å². The van der Waals surface area contributed by atoms with Crippen LogP contribution in [0.2, 0.25) is 5.02 Å². The van der Waals surface area contributed by atoms with Gasteiger partial charge >= 0.3 is 17.9 Å². The molecule has 234 valence electrons. The van der Waals surface area contributed by atoms with Crippen LogP contribution < -0.4 is 16.2 Å². The number of nitrogens with two attached hydrogens (primary N) is 1. The number of pyridine rings is 2. The lowest BCUT2D eigenvalue weighted by Crippen LogP contribution is -2.60. The van der Waals surface area contributed by atoms with Crippen molar-refractivity contribution in [3.63, 3.8) is 0 Å². The topological polar surface area (TPSA) is 162 Å². The van der Waals surface area contributed by atoms with Gasteiger partial charge in [0.25, 0.3) is 5.91 Å². The smallest absolute Gasteiger partial charge is 0.418 e. The van der Waals surface area contributed by atoms with E-state index in [9.17, 15) is 27.6 Å². The van der Waals surface area contributed by atoms with Gasteiger partial charge < -0.3 is 25.0 Å². The minimum atomic E-state index is -4.79. The molecular formula is C28H24ClF3N8O5. The van der Waals surface area contributed by atoms with E-state index in [1.165, 1.54) is 30.3 Å². The number of H-pyrrole nitrogens is 1. The van der Waals surface area contributed by atoms with Crippen LogP contribution in [-0.4, -0.2) is 91.0 Å². The normalized spacial score (nSPS) is 21.5. The zero-order valence-electron chi connectivity index (χ0n) is 23.5. The average Bonchev–Trinajstić information content (AvgIpc) is 3.57. The zero-order chi connectivity index (χ0) is 31.8. The number of anilines is 1. The molecule has 2 atom stereocenters. The van der Waals surface area contributed by atoms with E-state index >= 15 is 0 Å². The Morgan fingerprint density at radius 2 is 2.00 bits per heavy atom. The van der Waals surface area contributed by atoms with E-state index in [-0.39, 0.29) is 76.9 Å². The van der Waals surface area contributed by atoms with Gasteiger partial charge in [0.15, 0.2) is 5.75 Å². The number of hydrogen-bond acceptors (Lipinski definition) is 9. The Kier molecular flexibility index (Phi) is 6.56. The summed E-state index contributed by atoms with van der Waals surface area (Å²) >= 11 is 6.86. The van der Waals surface area contributed by atoms with Crippen LogP contribution in [0.3, 0.4) is 0 Å². The van der Waals surface area contributed by atoms with Gasteiger partial charge in [-0.2, -0.15) is 18.3 Å². The lowest BCUT2D eigenvalue weighted by molar-refractivity contribution is -0.137. The second-order valence-corrected chi connectivity index (χ2v) is 11.7. The van der Waals surface area contributed by atoms with Crippen molar-refractivity contribution in [2.75, 3.05) is 38.6 Å². The zero-order valence-corrected chi connectivity index (χ0v) is 24.3. The first-order valence-electron chi connectivity index (χ1n) is 13.8. The number of alkyl halides is 3. The van der Waals surface area contributed by atoms with E-state index in [0.29, 0.717) is 6.42 Å². The third-order valence-electron chi connectivity index (χ3n) is 8.48. The van der Waals surface area contributed by atoms with E-state index in [1.54, 1.807) is 4.90 Å². The Labute approximate surface area is 256 Å². The number of carbonyl (C=O) groups is 2. The second kappa shape index (κ2) is 10.2. The highest BCUT2D eigenvalue weighted by atomic mass is 35.5. The molecule has 2 amide bonds. The second-order valence-electron chi connectivity index (χ2n) is 11.3. The number of nitrogens with zero attached hydrogens (tertiary/aromatic N) is 6. The molecule has 45 heavy (non-hydrogen) atoms. The summed E-state index contributed by atoms with van der Waals surface area (Å²) in [5.41, 5.74) is 2.60. The number of aryl methyl sites for hydroxylation is 1. The molecule has 17 heteroatoms. The summed E-state index contributed by atoms with van der Waals surface area (Å²) in [4.78, 5) is 50.5. The molecule has 0 bridgehead atoms. The van der Waals surface area contributed by atoms with Crippen molar-refractivity contribution in [2.24, 2.45) is 0 Å². The number of benzene rings is 1. The molecular weight excluding hydrogens is 621 g/mol. The van der Waals surface area contributed by atoms with Crippen molar-refractivity contribution in [3.8, 4) is 17.0 Å². The molecule has 13 nitrogen and oxygen atoms in total. The number of morpholine rings is 1. The third-order valence-corrected chi connectivity index (χ3v) is 8.84. The number of nitrogen functional groups attached to an aromatic ring is 1. The summed E-state index contributed by atoms with van der Waals surface area (Å²) in [5.74, 6) is -0.717. The highest BCUT2D eigenvalue weighted by Gasteiger charge is 2.50. The number of ether oxygens (including phenoxy) is 2. The maximum Gasteiger partial charge on any atom is 0.418 e. The van der Waals surface area contributed by atoms with Gasteiger partial charge in [-0.25, -0.2) is 24.2 Å². The first-order valence-corrected chi connectivity index (χ1v) is 14.2. The Hall–Kier alpha value is -4.70. The standard InChI is InChI=1S/C28H24ClF3N8O5/c1-13-6-17(33)36-22(20(13)28(30,31)32)18-15-2-4-34-7-16(15)19-23(21(18)29)44-8-14-9-45-27(11-39(14)24(19)41)3-5-38(10-27)26(43)40-12-35-37-25(40)42/h2,4,6-7,12,14H,3,5,8-11H2,1H3,(H2,33,36)(H,37,42). The van der Waals surface area contributed by atoms with Gasteiger partial charge in [-0.3, -0.25) is 9.78 Å². The molecule has 2 saturated heterocycles. The number of nitrogens with one attached hydrogen (secondary N) is 1. The van der Waals surface area contributed by atoms with Crippen molar-refractivity contribution in [1.29, 1.82) is 0 Å². The minimum Gasteiger partial charge on any atom is -0.489 e.